The van der Waals surface area contributed by atoms with Crippen LogP contribution >= 0.6 is 0 Å². The predicted molar refractivity (Wildman–Crippen MR) is 124 cm³/mol. The largest absolute Gasteiger partial charge is 0.464 e. The van der Waals surface area contributed by atoms with Crippen molar-refractivity contribution >= 4 is 23.5 Å². The number of esters is 1. The third-order valence-corrected chi connectivity index (χ3v) is 6.80. The average Bonchev–Trinajstić information content (AvgIpc) is 3.07. The van der Waals surface area contributed by atoms with Gasteiger partial charge in [0, 0.05) is 17.8 Å². The number of nitrogens with one attached hydrogen (secondary N) is 1. The summed E-state index contributed by atoms with van der Waals surface area (Å²) in [5.41, 5.74) is 0.835. The van der Waals surface area contributed by atoms with Crippen LogP contribution in [0.5, 0.6) is 0 Å². The molecule has 1 aliphatic heterocycles. The van der Waals surface area contributed by atoms with Crippen molar-refractivity contribution in [2.45, 2.75) is 76.9 Å². The molecule has 1 aromatic heterocycles. The van der Waals surface area contributed by atoms with Crippen LogP contribution in [0.25, 0.3) is 0 Å². The summed E-state index contributed by atoms with van der Waals surface area (Å²) >= 11 is 0. The highest BCUT2D eigenvalue weighted by atomic mass is 16.5. The van der Waals surface area contributed by atoms with Gasteiger partial charge in [-0.3, -0.25) is 19.2 Å². The molecule has 0 saturated heterocycles. The van der Waals surface area contributed by atoms with Crippen LogP contribution in [0, 0.1) is 0 Å². The maximum atomic E-state index is 13.8. The molecule has 2 heterocycles. The molecule has 0 bridgehead atoms. The average molecular weight is 453 g/mol. The Bertz CT molecular complexity index is 1050. The van der Waals surface area contributed by atoms with Crippen LogP contribution in [0.4, 0.5) is 5.69 Å². The smallest absolute Gasteiger partial charge is 0.358 e. The molecule has 2 amide bonds. The highest BCUT2D eigenvalue weighted by Crippen LogP contribution is 2.34. The minimum absolute atomic E-state index is 0.0523. The first-order chi connectivity index (χ1) is 15.9. The molecular weight excluding hydrogens is 420 g/mol. The summed E-state index contributed by atoms with van der Waals surface area (Å²) in [6.45, 7) is 3.96. The zero-order valence-electron chi connectivity index (χ0n) is 19.6. The van der Waals surface area contributed by atoms with E-state index in [4.69, 9.17) is 4.74 Å². The van der Waals surface area contributed by atoms with Gasteiger partial charge in [-0.25, -0.2) is 4.79 Å². The number of carbonyl (C=O) groups is 3. The third kappa shape index (κ3) is 4.38. The zero-order chi connectivity index (χ0) is 23.6. The Labute approximate surface area is 194 Å². The van der Waals surface area contributed by atoms with Gasteiger partial charge in [-0.2, -0.15) is 5.10 Å². The summed E-state index contributed by atoms with van der Waals surface area (Å²) in [4.78, 5) is 41.1. The molecule has 176 valence electrons. The fraction of sp³-hybridized carbons (Fsp3) is 0.520. The molecule has 8 heteroatoms. The molecule has 1 aromatic carbocycles. The third-order valence-electron chi connectivity index (χ3n) is 6.80. The summed E-state index contributed by atoms with van der Waals surface area (Å²) < 4.78 is 6.24. The summed E-state index contributed by atoms with van der Waals surface area (Å²) in [5, 5.41) is 7.51. The van der Waals surface area contributed by atoms with Crippen LogP contribution < -0.4 is 10.2 Å². The van der Waals surface area contributed by atoms with E-state index in [2.05, 4.69) is 10.4 Å². The van der Waals surface area contributed by atoms with E-state index >= 15 is 0 Å². The van der Waals surface area contributed by atoms with E-state index in [9.17, 15) is 14.4 Å². The predicted octanol–water partition coefficient (Wildman–Crippen LogP) is 3.49. The van der Waals surface area contributed by atoms with Crippen LogP contribution in [-0.4, -0.2) is 46.3 Å². The number of methoxy groups -OCH3 is 1. The Morgan fingerprint density at radius 1 is 1.18 bits per heavy atom. The van der Waals surface area contributed by atoms with Gasteiger partial charge in [0.1, 0.15) is 11.2 Å². The molecule has 1 atom stereocenters. The van der Waals surface area contributed by atoms with Crippen molar-refractivity contribution in [1.82, 2.24) is 15.1 Å². The molecule has 0 spiro atoms. The molecule has 2 aliphatic rings. The molecule has 1 saturated carbocycles. The fourth-order valence-corrected chi connectivity index (χ4v) is 4.87. The summed E-state index contributed by atoms with van der Waals surface area (Å²) in [6, 6.07) is 9.23. The number of hydrogen-bond donors (Lipinski definition) is 1. The Balaban J connectivity index is 1.75. The number of aryl methyl sites for hydroxylation is 1. The monoisotopic (exact) mass is 452 g/mol. The lowest BCUT2D eigenvalue weighted by Crippen LogP contribution is -2.65. The number of carbonyl (C=O) groups excluding carboxylic acids is 3. The van der Waals surface area contributed by atoms with Gasteiger partial charge in [0.15, 0.2) is 5.69 Å². The lowest BCUT2D eigenvalue weighted by Gasteiger charge is -2.43. The van der Waals surface area contributed by atoms with Crippen LogP contribution in [0.1, 0.15) is 78.9 Å². The second-order valence-electron chi connectivity index (χ2n) is 9.16. The second-order valence-corrected chi connectivity index (χ2v) is 9.16. The van der Waals surface area contributed by atoms with Crippen molar-refractivity contribution < 1.29 is 19.1 Å². The first-order valence-electron chi connectivity index (χ1n) is 11.8. The van der Waals surface area contributed by atoms with Crippen LogP contribution in [-0.2, 0) is 22.5 Å². The molecule has 1 aliphatic carbocycles. The number of ether oxygens (including phenoxy) is 1. The van der Waals surface area contributed by atoms with E-state index in [-0.39, 0.29) is 35.8 Å². The van der Waals surface area contributed by atoms with E-state index in [1.807, 2.05) is 31.2 Å². The Hall–Kier alpha value is -3.16. The molecule has 1 unspecified atom stereocenters. The number of nitrogens with zero attached hydrogens (tertiary/aromatic N) is 3. The summed E-state index contributed by atoms with van der Waals surface area (Å²) in [6.07, 6.45) is 7.26. The van der Waals surface area contributed by atoms with Gasteiger partial charge in [0.05, 0.1) is 13.7 Å². The Morgan fingerprint density at radius 2 is 1.91 bits per heavy atom. The second kappa shape index (κ2) is 9.37. The first kappa shape index (κ1) is 23.0. The van der Waals surface area contributed by atoms with Gasteiger partial charge in [0.2, 0.25) is 5.91 Å². The van der Waals surface area contributed by atoms with Gasteiger partial charge in [-0.1, -0.05) is 44.7 Å². The number of fused-ring (bicyclic) bond motifs is 1. The van der Waals surface area contributed by atoms with Crippen molar-refractivity contribution in [2.24, 2.45) is 0 Å². The van der Waals surface area contributed by atoms with Gasteiger partial charge in [0.25, 0.3) is 5.91 Å². The van der Waals surface area contributed by atoms with Crippen molar-refractivity contribution in [3.8, 4) is 0 Å². The van der Waals surface area contributed by atoms with E-state index in [1.165, 1.54) is 30.7 Å². The molecule has 1 N–H and O–H groups in total. The van der Waals surface area contributed by atoms with Gasteiger partial charge in [-0.15, -0.1) is 0 Å². The number of rotatable bonds is 5. The molecule has 1 fully saturated rings. The lowest BCUT2D eigenvalue weighted by atomic mass is 9.92. The zero-order valence-corrected chi connectivity index (χ0v) is 19.6. The van der Waals surface area contributed by atoms with Crippen LogP contribution in [0.15, 0.2) is 30.3 Å². The standard InChI is InChI=1S/C25H32N4O4/c1-4-17-10-9-13-19(14-17)29-22(30)21-15-20(23(31)33-3)27-28(21)16-25(29,2)24(32)26-18-11-7-5-6-8-12-18/h9-10,13-15,18H,4-8,11-12,16H2,1-3H3,(H,26,32). The van der Waals surface area contributed by atoms with Gasteiger partial charge < -0.3 is 10.1 Å². The quantitative estimate of drug-likeness (QED) is 0.554. The molecule has 33 heavy (non-hydrogen) atoms. The van der Waals surface area contributed by atoms with E-state index in [0.717, 1.165) is 37.7 Å². The SMILES string of the molecule is CCc1cccc(N2C(=O)c3cc(C(=O)OC)nn3CC2(C)C(=O)NC2CCCCCC2)c1. The van der Waals surface area contributed by atoms with Crippen molar-refractivity contribution in [2.75, 3.05) is 12.0 Å². The fourth-order valence-electron chi connectivity index (χ4n) is 4.87. The van der Waals surface area contributed by atoms with Gasteiger partial charge in [-0.05, 0) is 43.9 Å². The minimum Gasteiger partial charge on any atom is -0.464 e. The number of anilines is 1. The maximum absolute atomic E-state index is 13.8. The highest BCUT2D eigenvalue weighted by Gasteiger charge is 2.49. The summed E-state index contributed by atoms with van der Waals surface area (Å²) in [5.74, 6) is -1.19. The van der Waals surface area contributed by atoms with Gasteiger partial charge >= 0.3 is 5.97 Å². The first-order valence-corrected chi connectivity index (χ1v) is 11.8. The molecule has 8 nitrogen and oxygen atoms in total. The molecular formula is C25H32N4O4. The van der Waals surface area contributed by atoms with E-state index in [1.54, 1.807) is 11.8 Å². The maximum Gasteiger partial charge on any atom is 0.358 e. The number of hydrogen-bond acceptors (Lipinski definition) is 5. The number of amides is 2. The van der Waals surface area contributed by atoms with Crippen LogP contribution in [0.3, 0.4) is 0 Å². The normalized spacial score (nSPS) is 21.3. The Morgan fingerprint density at radius 3 is 2.58 bits per heavy atom. The van der Waals surface area contributed by atoms with Crippen molar-refractivity contribution in [3.05, 3.63) is 47.3 Å². The van der Waals surface area contributed by atoms with Crippen molar-refractivity contribution in [1.29, 1.82) is 0 Å². The summed E-state index contributed by atoms with van der Waals surface area (Å²) in [7, 11) is 1.27. The Kier molecular flexibility index (Phi) is 6.54. The molecule has 0 radical (unpaired) electrons. The van der Waals surface area contributed by atoms with E-state index in [0.29, 0.717) is 5.69 Å². The molecule has 4 rings (SSSR count). The number of benzene rings is 1. The lowest BCUT2D eigenvalue weighted by molar-refractivity contribution is -0.127. The van der Waals surface area contributed by atoms with E-state index < -0.39 is 11.5 Å². The minimum atomic E-state index is -1.21. The van der Waals surface area contributed by atoms with Crippen molar-refractivity contribution in [3.63, 3.8) is 0 Å². The number of aromatic nitrogens is 2. The van der Waals surface area contributed by atoms with Crippen LogP contribution in [0.2, 0.25) is 0 Å². The topological polar surface area (TPSA) is 93.5 Å². The highest BCUT2D eigenvalue weighted by molar-refractivity contribution is 6.12. The molecule has 2 aromatic rings.